The summed E-state index contributed by atoms with van der Waals surface area (Å²) in [4.78, 5) is 4.45. The quantitative estimate of drug-likeness (QED) is 0.827. The minimum absolute atomic E-state index is 0.397. The topological polar surface area (TPSA) is 64.9 Å². The number of hydrogen-bond donors (Lipinski definition) is 1. The van der Waals surface area contributed by atoms with Gasteiger partial charge in [-0.1, -0.05) is 11.2 Å². The third-order valence-electron chi connectivity index (χ3n) is 2.79. The van der Waals surface area contributed by atoms with E-state index in [1.165, 1.54) is 12.2 Å². The Labute approximate surface area is 104 Å². The summed E-state index contributed by atoms with van der Waals surface area (Å²) in [6.07, 6.45) is 2.37. The number of hydrogen-bond acceptors (Lipinski definition) is 5. The Morgan fingerprint density at radius 3 is 3.12 bits per heavy atom. The molecular weight excluding hydrogens is 234 g/mol. The predicted molar refractivity (Wildman–Crippen MR) is 68.6 cm³/mol. The van der Waals surface area contributed by atoms with Crippen molar-refractivity contribution in [1.82, 2.24) is 10.1 Å². The molecule has 5 heteroatoms. The van der Waals surface area contributed by atoms with E-state index < -0.39 is 0 Å². The van der Waals surface area contributed by atoms with Gasteiger partial charge in [-0.05, 0) is 36.8 Å². The largest absolute Gasteiger partial charge is 0.399 e. The van der Waals surface area contributed by atoms with E-state index in [-0.39, 0.29) is 0 Å². The van der Waals surface area contributed by atoms with E-state index in [2.05, 4.69) is 10.1 Å². The third-order valence-corrected chi connectivity index (χ3v) is 4.17. The maximum Gasteiger partial charge on any atom is 0.258 e. The highest BCUT2D eigenvalue weighted by molar-refractivity contribution is 7.99. The van der Waals surface area contributed by atoms with Gasteiger partial charge in [0.1, 0.15) is 0 Å². The summed E-state index contributed by atoms with van der Waals surface area (Å²) in [6, 6.07) is 7.50. The van der Waals surface area contributed by atoms with Gasteiger partial charge in [0.15, 0.2) is 5.82 Å². The molecule has 1 aliphatic heterocycles. The van der Waals surface area contributed by atoms with Gasteiger partial charge in [0.05, 0.1) is 5.25 Å². The first kappa shape index (κ1) is 10.7. The minimum Gasteiger partial charge on any atom is -0.399 e. The normalized spacial score (nSPS) is 19.6. The number of nitrogen functional groups attached to an aromatic ring is 1. The molecule has 1 saturated heterocycles. The van der Waals surface area contributed by atoms with Gasteiger partial charge in [-0.3, -0.25) is 0 Å². The smallest absolute Gasteiger partial charge is 0.258 e. The zero-order valence-electron chi connectivity index (χ0n) is 9.30. The number of thioether (sulfide) groups is 1. The average molecular weight is 247 g/mol. The molecule has 1 unspecified atom stereocenters. The van der Waals surface area contributed by atoms with Crippen LogP contribution in [0.3, 0.4) is 0 Å². The fraction of sp³-hybridized carbons (Fsp3) is 0.333. The highest BCUT2D eigenvalue weighted by atomic mass is 32.2. The van der Waals surface area contributed by atoms with E-state index in [1.54, 1.807) is 0 Å². The molecule has 0 amide bonds. The van der Waals surface area contributed by atoms with Gasteiger partial charge < -0.3 is 10.3 Å². The van der Waals surface area contributed by atoms with Crippen molar-refractivity contribution in [3.63, 3.8) is 0 Å². The van der Waals surface area contributed by atoms with E-state index in [0.717, 1.165) is 17.8 Å². The van der Waals surface area contributed by atoms with E-state index in [9.17, 15) is 0 Å². The molecule has 2 heterocycles. The van der Waals surface area contributed by atoms with Gasteiger partial charge in [-0.25, -0.2) is 0 Å². The Morgan fingerprint density at radius 1 is 1.41 bits per heavy atom. The van der Waals surface area contributed by atoms with Crippen LogP contribution < -0.4 is 5.73 Å². The van der Waals surface area contributed by atoms with Gasteiger partial charge in [-0.15, -0.1) is 0 Å². The van der Waals surface area contributed by atoms with Crippen molar-refractivity contribution in [3.05, 3.63) is 30.1 Å². The summed E-state index contributed by atoms with van der Waals surface area (Å²) in [5.41, 5.74) is 7.32. The molecule has 1 aliphatic rings. The Kier molecular flexibility index (Phi) is 2.76. The van der Waals surface area contributed by atoms with E-state index in [4.69, 9.17) is 10.3 Å². The van der Waals surface area contributed by atoms with Crippen molar-refractivity contribution in [3.8, 4) is 11.5 Å². The van der Waals surface area contributed by atoms with Gasteiger partial charge in [-0.2, -0.15) is 16.7 Å². The highest BCUT2D eigenvalue weighted by Crippen LogP contribution is 2.38. The standard InChI is InChI=1S/C12H13N3OS/c13-9-4-1-3-8(7-9)12-14-11(15-16-12)10-5-2-6-17-10/h1,3-4,7,10H,2,5-6,13H2. The van der Waals surface area contributed by atoms with Crippen molar-refractivity contribution in [1.29, 1.82) is 0 Å². The monoisotopic (exact) mass is 247 g/mol. The van der Waals surface area contributed by atoms with Crippen molar-refractivity contribution < 1.29 is 4.52 Å². The molecule has 0 bridgehead atoms. The molecule has 4 nitrogen and oxygen atoms in total. The molecule has 1 atom stereocenters. The number of nitrogens with zero attached hydrogens (tertiary/aromatic N) is 2. The van der Waals surface area contributed by atoms with Crippen LogP contribution in [0.2, 0.25) is 0 Å². The molecule has 1 aromatic carbocycles. The first-order valence-electron chi connectivity index (χ1n) is 5.64. The second-order valence-electron chi connectivity index (χ2n) is 4.08. The number of benzene rings is 1. The summed E-state index contributed by atoms with van der Waals surface area (Å²) in [5, 5.41) is 4.45. The molecule has 3 rings (SSSR count). The van der Waals surface area contributed by atoms with Crippen LogP contribution in [0.25, 0.3) is 11.5 Å². The molecule has 2 aromatic rings. The van der Waals surface area contributed by atoms with Crippen molar-refractivity contribution >= 4 is 17.4 Å². The lowest BCUT2D eigenvalue weighted by Crippen LogP contribution is -1.91. The van der Waals surface area contributed by atoms with Crippen LogP contribution in [0.15, 0.2) is 28.8 Å². The van der Waals surface area contributed by atoms with Crippen LogP contribution in [0.4, 0.5) is 5.69 Å². The Balaban J connectivity index is 1.89. The molecule has 0 spiro atoms. The summed E-state index contributed by atoms with van der Waals surface area (Å²) in [5.74, 6) is 2.55. The van der Waals surface area contributed by atoms with Gasteiger partial charge in [0.25, 0.3) is 5.89 Å². The molecule has 1 aromatic heterocycles. The predicted octanol–water partition coefficient (Wildman–Crippen LogP) is 2.89. The Bertz CT molecular complexity index is 520. The Morgan fingerprint density at radius 2 is 2.35 bits per heavy atom. The molecule has 2 N–H and O–H groups in total. The number of anilines is 1. The van der Waals surface area contributed by atoms with Crippen LogP contribution >= 0.6 is 11.8 Å². The third kappa shape index (κ3) is 2.15. The van der Waals surface area contributed by atoms with Gasteiger partial charge in [0, 0.05) is 11.3 Å². The lowest BCUT2D eigenvalue weighted by Gasteiger charge is -1.99. The maximum absolute atomic E-state index is 5.73. The fourth-order valence-electron chi connectivity index (χ4n) is 1.94. The number of nitrogens with two attached hydrogens (primary N) is 1. The summed E-state index contributed by atoms with van der Waals surface area (Å²) in [6.45, 7) is 0. The van der Waals surface area contributed by atoms with E-state index in [1.807, 2.05) is 36.0 Å². The molecular formula is C12H13N3OS. The van der Waals surface area contributed by atoms with Crippen LogP contribution in [-0.4, -0.2) is 15.9 Å². The first-order valence-corrected chi connectivity index (χ1v) is 6.69. The number of aromatic nitrogens is 2. The second-order valence-corrected chi connectivity index (χ2v) is 5.40. The molecule has 0 radical (unpaired) electrons. The van der Waals surface area contributed by atoms with Gasteiger partial charge >= 0.3 is 0 Å². The van der Waals surface area contributed by atoms with Gasteiger partial charge in [0.2, 0.25) is 0 Å². The zero-order valence-corrected chi connectivity index (χ0v) is 10.1. The molecule has 17 heavy (non-hydrogen) atoms. The first-order chi connectivity index (χ1) is 8.33. The van der Waals surface area contributed by atoms with Crippen LogP contribution in [-0.2, 0) is 0 Å². The van der Waals surface area contributed by atoms with E-state index >= 15 is 0 Å². The second kappa shape index (κ2) is 4.41. The maximum atomic E-state index is 5.73. The van der Waals surface area contributed by atoms with Crippen molar-refractivity contribution in [2.45, 2.75) is 18.1 Å². The molecule has 88 valence electrons. The van der Waals surface area contributed by atoms with Crippen LogP contribution in [0, 0.1) is 0 Å². The van der Waals surface area contributed by atoms with Crippen LogP contribution in [0.5, 0.6) is 0 Å². The zero-order chi connectivity index (χ0) is 11.7. The highest BCUT2D eigenvalue weighted by Gasteiger charge is 2.23. The lowest BCUT2D eigenvalue weighted by atomic mass is 10.2. The molecule has 0 saturated carbocycles. The Hall–Kier alpha value is -1.49. The van der Waals surface area contributed by atoms with Crippen LogP contribution in [0.1, 0.15) is 23.9 Å². The number of rotatable bonds is 2. The molecule has 0 aliphatic carbocycles. The minimum atomic E-state index is 0.397. The summed E-state index contributed by atoms with van der Waals surface area (Å²) >= 11 is 1.90. The average Bonchev–Trinajstić information content (AvgIpc) is 3.00. The summed E-state index contributed by atoms with van der Waals surface area (Å²) in [7, 11) is 0. The molecule has 1 fully saturated rings. The fourth-order valence-corrected chi connectivity index (χ4v) is 3.13. The SMILES string of the molecule is Nc1cccc(-c2nc(C3CCCS3)no2)c1. The summed E-state index contributed by atoms with van der Waals surface area (Å²) < 4.78 is 5.29. The van der Waals surface area contributed by atoms with E-state index in [0.29, 0.717) is 16.8 Å². The van der Waals surface area contributed by atoms with Crippen molar-refractivity contribution in [2.75, 3.05) is 11.5 Å². The van der Waals surface area contributed by atoms with Crippen molar-refractivity contribution in [2.24, 2.45) is 0 Å². The lowest BCUT2D eigenvalue weighted by molar-refractivity contribution is 0.421.